The van der Waals surface area contributed by atoms with Gasteiger partial charge in [-0.05, 0) is 36.8 Å². The number of hydrogen-bond donors (Lipinski definition) is 1. The Bertz CT molecular complexity index is 522. The Labute approximate surface area is 104 Å². The number of nitrogens with zero attached hydrogens (tertiary/aromatic N) is 1. The van der Waals surface area contributed by atoms with E-state index in [0.717, 1.165) is 11.3 Å². The van der Waals surface area contributed by atoms with Gasteiger partial charge < -0.3 is 9.67 Å². The molecular weight excluding hydrogens is 241 g/mol. The van der Waals surface area contributed by atoms with E-state index < -0.39 is 11.9 Å². The molecule has 0 aliphatic rings. The van der Waals surface area contributed by atoms with Crippen molar-refractivity contribution >= 4 is 11.6 Å². The second-order valence-electron chi connectivity index (χ2n) is 3.99. The molecule has 0 saturated heterocycles. The zero-order valence-corrected chi connectivity index (χ0v) is 10.2. The molecule has 0 radical (unpaired) electrons. The van der Waals surface area contributed by atoms with Crippen LogP contribution in [0.5, 0.6) is 0 Å². The maximum Gasteiger partial charge on any atom is 0.141 e. The molecule has 0 spiro atoms. The molecule has 17 heavy (non-hydrogen) atoms. The molecule has 1 aromatic heterocycles. The zero-order chi connectivity index (χ0) is 12.4. The molecule has 0 amide bonds. The minimum Gasteiger partial charge on any atom is -0.387 e. The lowest BCUT2D eigenvalue weighted by atomic mass is 10.2. The van der Waals surface area contributed by atoms with Gasteiger partial charge in [0.2, 0.25) is 0 Å². The largest absolute Gasteiger partial charge is 0.387 e. The van der Waals surface area contributed by atoms with Crippen LogP contribution in [0.2, 0.25) is 5.02 Å². The maximum atomic E-state index is 13.0. The highest BCUT2D eigenvalue weighted by molar-refractivity contribution is 6.30. The standard InChI is InChI=1S/C13H13ClFNO/c1-9(17)13-3-2-6-16(13)8-10-4-5-12(15)11(14)7-10/h2-7,9,17H,8H2,1H3. The lowest BCUT2D eigenvalue weighted by Gasteiger charge is -2.11. The van der Waals surface area contributed by atoms with Crippen molar-refractivity contribution in [2.45, 2.75) is 19.6 Å². The average Bonchev–Trinajstić information content (AvgIpc) is 2.72. The SMILES string of the molecule is CC(O)c1cccn1Cc1ccc(F)c(Cl)c1. The number of rotatable bonds is 3. The predicted octanol–water partition coefficient (Wildman–Crippen LogP) is 3.38. The summed E-state index contributed by atoms with van der Waals surface area (Å²) in [5.74, 6) is -0.418. The minimum atomic E-state index is -0.527. The first-order chi connectivity index (χ1) is 8.08. The van der Waals surface area contributed by atoms with Crippen molar-refractivity contribution in [3.05, 3.63) is 58.6 Å². The van der Waals surface area contributed by atoms with Gasteiger partial charge in [-0.2, -0.15) is 0 Å². The van der Waals surface area contributed by atoms with Crippen molar-refractivity contribution in [1.82, 2.24) is 4.57 Å². The Kier molecular flexibility index (Phi) is 3.50. The van der Waals surface area contributed by atoms with Crippen LogP contribution in [0.15, 0.2) is 36.5 Å². The van der Waals surface area contributed by atoms with Crippen LogP contribution in [0, 0.1) is 5.82 Å². The summed E-state index contributed by atoms with van der Waals surface area (Å²) in [5, 5.41) is 9.68. The van der Waals surface area contributed by atoms with E-state index in [9.17, 15) is 9.50 Å². The molecule has 1 atom stereocenters. The average molecular weight is 254 g/mol. The highest BCUT2D eigenvalue weighted by Crippen LogP contribution is 2.19. The number of aliphatic hydroxyl groups is 1. The Balaban J connectivity index is 2.25. The summed E-state index contributed by atoms with van der Waals surface area (Å²) in [5.41, 5.74) is 1.72. The van der Waals surface area contributed by atoms with Crippen LogP contribution < -0.4 is 0 Å². The smallest absolute Gasteiger partial charge is 0.141 e. The summed E-state index contributed by atoms with van der Waals surface area (Å²) >= 11 is 5.72. The molecule has 0 aliphatic heterocycles. The van der Waals surface area contributed by atoms with E-state index in [2.05, 4.69) is 0 Å². The second-order valence-corrected chi connectivity index (χ2v) is 4.39. The van der Waals surface area contributed by atoms with Gasteiger partial charge in [0, 0.05) is 18.4 Å². The molecule has 1 N–H and O–H groups in total. The molecule has 2 nitrogen and oxygen atoms in total. The van der Waals surface area contributed by atoms with E-state index in [4.69, 9.17) is 11.6 Å². The molecule has 0 aliphatic carbocycles. The fourth-order valence-corrected chi connectivity index (χ4v) is 1.99. The van der Waals surface area contributed by atoms with Crippen molar-refractivity contribution in [3.8, 4) is 0 Å². The maximum absolute atomic E-state index is 13.0. The quantitative estimate of drug-likeness (QED) is 0.891. The fraction of sp³-hybridized carbons (Fsp3) is 0.231. The van der Waals surface area contributed by atoms with Crippen molar-refractivity contribution in [1.29, 1.82) is 0 Å². The molecule has 2 aromatic rings. The number of aliphatic hydroxyl groups excluding tert-OH is 1. The monoisotopic (exact) mass is 253 g/mol. The first-order valence-electron chi connectivity index (χ1n) is 5.35. The van der Waals surface area contributed by atoms with Gasteiger partial charge in [-0.1, -0.05) is 17.7 Å². The van der Waals surface area contributed by atoms with Crippen molar-refractivity contribution in [2.24, 2.45) is 0 Å². The van der Waals surface area contributed by atoms with Gasteiger partial charge in [0.25, 0.3) is 0 Å². The third kappa shape index (κ3) is 2.68. The fourth-order valence-electron chi connectivity index (χ4n) is 1.79. The Morgan fingerprint density at radius 1 is 1.41 bits per heavy atom. The summed E-state index contributed by atoms with van der Waals surface area (Å²) in [6.07, 6.45) is 1.35. The Morgan fingerprint density at radius 3 is 2.82 bits per heavy atom. The molecular formula is C13H13ClFNO. The predicted molar refractivity (Wildman–Crippen MR) is 65.6 cm³/mol. The molecule has 0 bridgehead atoms. The van der Waals surface area contributed by atoms with Crippen LogP contribution >= 0.6 is 11.6 Å². The van der Waals surface area contributed by atoms with E-state index >= 15 is 0 Å². The zero-order valence-electron chi connectivity index (χ0n) is 9.40. The Hall–Kier alpha value is -1.32. The highest BCUT2D eigenvalue weighted by Gasteiger charge is 2.08. The molecule has 0 fully saturated rings. The van der Waals surface area contributed by atoms with Crippen molar-refractivity contribution in [3.63, 3.8) is 0 Å². The first kappa shape index (κ1) is 12.1. The van der Waals surface area contributed by atoms with Gasteiger partial charge >= 0.3 is 0 Å². The van der Waals surface area contributed by atoms with Gasteiger partial charge in [0.15, 0.2) is 0 Å². The second kappa shape index (κ2) is 4.90. The minimum absolute atomic E-state index is 0.119. The normalized spacial score (nSPS) is 12.7. The van der Waals surface area contributed by atoms with E-state index in [1.54, 1.807) is 19.1 Å². The van der Waals surface area contributed by atoms with E-state index in [-0.39, 0.29) is 5.02 Å². The lowest BCUT2D eigenvalue weighted by molar-refractivity contribution is 0.190. The molecule has 1 aromatic carbocycles. The topological polar surface area (TPSA) is 25.2 Å². The van der Waals surface area contributed by atoms with Crippen LogP contribution in [-0.4, -0.2) is 9.67 Å². The summed E-state index contributed by atoms with van der Waals surface area (Å²) in [7, 11) is 0. The molecule has 4 heteroatoms. The van der Waals surface area contributed by atoms with Crippen molar-refractivity contribution in [2.75, 3.05) is 0 Å². The first-order valence-corrected chi connectivity index (χ1v) is 5.73. The number of hydrogen-bond acceptors (Lipinski definition) is 1. The number of aromatic nitrogens is 1. The third-order valence-corrected chi connectivity index (χ3v) is 2.92. The molecule has 1 heterocycles. The van der Waals surface area contributed by atoms with Gasteiger partial charge in [-0.25, -0.2) is 4.39 Å². The van der Waals surface area contributed by atoms with Crippen LogP contribution in [0.1, 0.15) is 24.3 Å². The Morgan fingerprint density at radius 2 is 2.18 bits per heavy atom. The van der Waals surface area contributed by atoms with E-state index in [1.165, 1.54) is 6.07 Å². The number of benzene rings is 1. The van der Waals surface area contributed by atoms with E-state index in [0.29, 0.717) is 6.54 Å². The number of halogens is 2. The van der Waals surface area contributed by atoms with Crippen LogP contribution in [0.25, 0.3) is 0 Å². The molecule has 1 unspecified atom stereocenters. The van der Waals surface area contributed by atoms with Gasteiger partial charge in [-0.3, -0.25) is 0 Å². The van der Waals surface area contributed by atoms with Crippen LogP contribution in [0.3, 0.4) is 0 Å². The van der Waals surface area contributed by atoms with Crippen LogP contribution in [0.4, 0.5) is 4.39 Å². The highest BCUT2D eigenvalue weighted by atomic mass is 35.5. The molecule has 90 valence electrons. The lowest BCUT2D eigenvalue weighted by Crippen LogP contribution is -2.05. The van der Waals surface area contributed by atoms with Crippen molar-refractivity contribution < 1.29 is 9.50 Å². The summed E-state index contributed by atoms with van der Waals surface area (Å²) in [6.45, 7) is 2.27. The van der Waals surface area contributed by atoms with Gasteiger partial charge in [0.1, 0.15) is 5.82 Å². The van der Waals surface area contributed by atoms with Gasteiger partial charge in [-0.15, -0.1) is 0 Å². The molecule has 0 saturated carbocycles. The summed E-state index contributed by atoms with van der Waals surface area (Å²) in [4.78, 5) is 0. The van der Waals surface area contributed by atoms with E-state index in [1.807, 2.05) is 22.9 Å². The summed E-state index contributed by atoms with van der Waals surface area (Å²) in [6, 6.07) is 8.36. The third-order valence-electron chi connectivity index (χ3n) is 2.63. The summed E-state index contributed by atoms with van der Waals surface area (Å²) < 4.78 is 14.9. The molecule has 2 rings (SSSR count). The van der Waals surface area contributed by atoms with Gasteiger partial charge in [0.05, 0.1) is 11.1 Å². The van der Waals surface area contributed by atoms with Crippen LogP contribution in [-0.2, 0) is 6.54 Å².